The first-order valence-corrected chi connectivity index (χ1v) is 1.71. The van der Waals surface area contributed by atoms with Gasteiger partial charge < -0.3 is 10.2 Å². The smallest absolute Gasteiger partial charge is 0.300 e. The van der Waals surface area contributed by atoms with E-state index in [1.165, 1.54) is 0 Å². The zero-order valence-corrected chi connectivity index (χ0v) is 9.34. The van der Waals surface area contributed by atoms with Crippen molar-refractivity contribution in [2.45, 2.75) is 6.92 Å². The fourth-order valence-corrected chi connectivity index (χ4v) is 0. The maximum atomic E-state index is 9.00. The molecule has 0 saturated carbocycles. The van der Waals surface area contributed by atoms with Gasteiger partial charge in [-0.1, -0.05) is 0 Å². The van der Waals surface area contributed by atoms with E-state index in [1.807, 2.05) is 0 Å². The van der Waals surface area contributed by atoms with E-state index in [-0.39, 0.29) is 36.5 Å². The Kier molecular flexibility index (Phi) is 36.0. The second kappa shape index (κ2) is 16.0. The minimum Gasteiger partial charge on any atom is -0.503 e. The second-order valence-corrected chi connectivity index (χ2v) is 0.913. The molecule has 0 aromatic rings. The van der Waals surface area contributed by atoms with Crippen molar-refractivity contribution in [3.05, 3.63) is 6.92 Å². The fourth-order valence-electron chi connectivity index (χ4n) is 0. The van der Waals surface area contributed by atoms with Gasteiger partial charge in [0.1, 0.15) is 0 Å². The van der Waals surface area contributed by atoms with E-state index in [2.05, 4.69) is 6.92 Å². The van der Waals surface area contributed by atoms with Crippen LogP contribution in [-0.2, 0) is 46.1 Å². The van der Waals surface area contributed by atoms with Crippen LogP contribution in [0.5, 0.6) is 0 Å². The van der Waals surface area contributed by atoms with Gasteiger partial charge in [-0.2, -0.15) is 0 Å². The zero-order chi connectivity index (χ0) is 7.15. The molecule has 0 aromatic carbocycles. The van der Waals surface area contributed by atoms with Crippen LogP contribution in [0.4, 0.5) is 0 Å². The van der Waals surface area contributed by atoms with Gasteiger partial charge in [0.05, 0.1) is 0 Å². The fraction of sp³-hybridized carbons (Fsp3) is 0.250. The average Bonchev–Trinajstić information content (AvgIpc) is 1.25. The van der Waals surface area contributed by atoms with Crippen LogP contribution in [0.2, 0.25) is 0 Å². The first kappa shape index (κ1) is 22.5. The van der Waals surface area contributed by atoms with Crippen molar-refractivity contribution in [3.63, 3.8) is 0 Å². The van der Waals surface area contributed by atoms with Gasteiger partial charge in [0.15, 0.2) is 5.97 Å². The normalized spacial score (nSPS) is 4.90. The Bertz CT molecular complexity index is 75.3. The number of carboxylic acid groups (broad SMARTS) is 2. The van der Waals surface area contributed by atoms with E-state index >= 15 is 0 Å². The van der Waals surface area contributed by atoms with Gasteiger partial charge in [0.2, 0.25) is 0 Å². The molecule has 4 nitrogen and oxygen atoms in total. The molecule has 0 spiro atoms. The van der Waals surface area contributed by atoms with Crippen molar-refractivity contribution < 1.29 is 56.3 Å². The van der Waals surface area contributed by atoms with Crippen LogP contribution in [0.1, 0.15) is 6.92 Å². The summed E-state index contributed by atoms with van der Waals surface area (Å²) in [5.74, 6) is -1.92. The van der Waals surface area contributed by atoms with Crippen molar-refractivity contribution in [3.8, 4) is 0 Å². The molecule has 0 unspecified atom stereocenters. The number of hydrogen-bond acceptors (Lipinski definition) is 2. The molecule has 10 heavy (non-hydrogen) atoms. The summed E-state index contributed by atoms with van der Waals surface area (Å²) in [6.45, 7) is 3.64. The molecular weight excluding hydrogens is 241 g/mol. The number of carboxylic acids is 2. The molecule has 61 valence electrons. The molecule has 0 aromatic heterocycles. The van der Waals surface area contributed by atoms with Crippen molar-refractivity contribution in [1.82, 2.24) is 0 Å². The molecule has 6 heteroatoms. The Morgan fingerprint density at radius 1 is 1.30 bits per heavy atom. The molecular formula is C4H7CuO4Zn-. The summed E-state index contributed by atoms with van der Waals surface area (Å²) in [5, 5.41) is 14.7. The largest absolute Gasteiger partial charge is 0.503 e. The van der Waals surface area contributed by atoms with Gasteiger partial charge in [-0.3, -0.25) is 16.5 Å². The van der Waals surface area contributed by atoms with Crippen LogP contribution in [0.15, 0.2) is 0 Å². The molecule has 2 N–H and O–H groups in total. The third-order valence-electron chi connectivity index (χ3n) is 0. The van der Waals surface area contributed by atoms with Crippen LogP contribution in [0.25, 0.3) is 0 Å². The van der Waals surface area contributed by atoms with Crippen molar-refractivity contribution >= 4 is 11.9 Å². The van der Waals surface area contributed by atoms with Gasteiger partial charge in [0.25, 0.3) is 5.97 Å². The SMILES string of the molecule is CC(=O)O.[CH2-]C(=O)O.[Cu].[Zn]. The molecule has 0 rings (SSSR count). The van der Waals surface area contributed by atoms with E-state index in [0.717, 1.165) is 6.92 Å². The van der Waals surface area contributed by atoms with E-state index in [9.17, 15) is 0 Å². The van der Waals surface area contributed by atoms with E-state index < -0.39 is 11.9 Å². The van der Waals surface area contributed by atoms with Gasteiger partial charge >= 0.3 is 0 Å². The van der Waals surface area contributed by atoms with E-state index in [4.69, 9.17) is 19.8 Å². The van der Waals surface area contributed by atoms with Crippen LogP contribution in [0.3, 0.4) is 0 Å². The van der Waals surface area contributed by atoms with Gasteiger partial charge in [-0.25, -0.2) is 0 Å². The monoisotopic (exact) mass is 246 g/mol. The van der Waals surface area contributed by atoms with Crippen molar-refractivity contribution in [1.29, 1.82) is 0 Å². The Morgan fingerprint density at radius 2 is 1.30 bits per heavy atom. The Balaban J connectivity index is -0.0000000300. The molecule has 1 radical (unpaired) electrons. The number of carbonyl (C=O) groups is 2. The van der Waals surface area contributed by atoms with E-state index in [1.54, 1.807) is 0 Å². The molecule has 0 aliphatic rings. The summed E-state index contributed by atoms with van der Waals surface area (Å²) in [6.07, 6.45) is 0. The maximum Gasteiger partial charge on any atom is 0.300 e. The number of rotatable bonds is 0. The summed E-state index contributed by atoms with van der Waals surface area (Å²) < 4.78 is 0. The Morgan fingerprint density at radius 3 is 1.30 bits per heavy atom. The topological polar surface area (TPSA) is 74.6 Å². The summed E-state index contributed by atoms with van der Waals surface area (Å²) in [7, 11) is 0. The second-order valence-electron chi connectivity index (χ2n) is 0.913. The standard InChI is InChI=1S/C2H4O2.C2H3O2.Cu.Zn/c2*1-2(3)4;;/h1H3,(H,3,4);1H2,(H,3,4);;/q;-1;;. The molecule has 0 bridgehead atoms. The molecule has 0 aliphatic heterocycles. The van der Waals surface area contributed by atoms with Crippen LogP contribution in [0, 0.1) is 6.92 Å². The quantitative estimate of drug-likeness (QED) is 0.467. The summed E-state index contributed by atoms with van der Waals surface area (Å²) in [5.41, 5.74) is 0. The predicted molar refractivity (Wildman–Crippen MR) is 26.3 cm³/mol. The van der Waals surface area contributed by atoms with Gasteiger partial charge in [-0.05, 0) is 0 Å². The molecule has 0 aliphatic carbocycles. The predicted octanol–water partition coefficient (Wildman–Crippen LogP) is -0.00901. The Hall–Kier alpha value is -0.0471. The number of hydrogen-bond donors (Lipinski definition) is 2. The molecule has 0 saturated heterocycles. The third kappa shape index (κ3) is 173000. The van der Waals surface area contributed by atoms with Crippen molar-refractivity contribution in [2.24, 2.45) is 0 Å². The van der Waals surface area contributed by atoms with Crippen LogP contribution < -0.4 is 0 Å². The minimum atomic E-state index is -1.08. The van der Waals surface area contributed by atoms with Crippen molar-refractivity contribution in [2.75, 3.05) is 0 Å². The molecule has 0 fully saturated rings. The van der Waals surface area contributed by atoms with E-state index in [0.29, 0.717) is 0 Å². The minimum absolute atomic E-state index is 0. The summed E-state index contributed by atoms with van der Waals surface area (Å²) in [6, 6.07) is 0. The molecule has 0 amide bonds. The third-order valence-corrected chi connectivity index (χ3v) is 0. The molecule has 0 heterocycles. The average molecular weight is 248 g/mol. The summed E-state index contributed by atoms with van der Waals surface area (Å²) >= 11 is 0. The van der Waals surface area contributed by atoms with Gasteiger partial charge in [0, 0.05) is 43.5 Å². The van der Waals surface area contributed by atoms with Crippen LogP contribution >= 0.6 is 0 Å². The maximum absolute atomic E-state index is 9.00. The zero-order valence-electron chi connectivity index (χ0n) is 5.43. The summed E-state index contributed by atoms with van der Waals surface area (Å²) in [4.78, 5) is 17.9. The molecule has 0 atom stereocenters. The van der Waals surface area contributed by atoms with Gasteiger partial charge in [-0.15, -0.1) is 0 Å². The van der Waals surface area contributed by atoms with Crippen LogP contribution in [-0.4, -0.2) is 22.2 Å². The first-order chi connectivity index (χ1) is 3.46. The number of aliphatic carboxylic acids is 2. The Labute approximate surface area is 82.2 Å². The first-order valence-electron chi connectivity index (χ1n) is 1.71.